The van der Waals surface area contributed by atoms with Crippen molar-refractivity contribution < 1.29 is 9.59 Å². The van der Waals surface area contributed by atoms with Crippen LogP contribution in [0.15, 0.2) is 29.2 Å². The molecule has 1 saturated heterocycles. The Morgan fingerprint density at radius 2 is 2.05 bits per heavy atom. The lowest BCUT2D eigenvalue weighted by Crippen LogP contribution is -2.43. The van der Waals surface area contributed by atoms with Crippen LogP contribution in [0.4, 0.5) is 0 Å². The van der Waals surface area contributed by atoms with Crippen LogP contribution in [0.5, 0.6) is 0 Å². The number of hydrogen-bond donors (Lipinski definition) is 1. The lowest BCUT2D eigenvalue weighted by molar-refractivity contribution is -0.124. The van der Waals surface area contributed by atoms with Crippen LogP contribution in [0.2, 0.25) is 0 Å². The first-order chi connectivity index (χ1) is 9.65. The van der Waals surface area contributed by atoms with E-state index in [2.05, 4.69) is 5.32 Å². The number of ketones is 1. The third-order valence-corrected chi connectivity index (χ3v) is 4.41. The van der Waals surface area contributed by atoms with Crippen LogP contribution < -0.4 is 5.32 Å². The molecule has 1 amide bonds. The number of rotatable bonds is 5. The van der Waals surface area contributed by atoms with Gasteiger partial charge in [0.05, 0.1) is 12.6 Å². The summed E-state index contributed by atoms with van der Waals surface area (Å²) in [7, 11) is 1.64. The Hall–Kier alpha value is -1.33. The van der Waals surface area contributed by atoms with Gasteiger partial charge in [0.15, 0.2) is 5.78 Å². The largest absolute Gasteiger partial charge is 0.358 e. The Morgan fingerprint density at radius 1 is 1.35 bits per heavy atom. The number of benzene rings is 1. The molecular formula is C15H20N2O2S. The molecule has 1 unspecified atom stereocenters. The molecule has 0 saturated carbocycles. The fraction of sp³-hybridized carbons (Fsp3) is 0.467. The number of thioether (sulfide) groups is 1. The highest BCUT2D eigenvalue weighted by atomic mass is 32.2. The van der Waals surface area contributed by atoms with E-state index in [4.69, 9.17) is 0 Å². The maximum atomic E-state index is 12.3. The standard InChI is InChI=1S/C15H20N2O2S/c1-16-15(19)13-4-3-9-17(13)10-14(18)11-5-7-12(20-2)8-6-11/h5-8,13H,3-4,9-10H2,1-2H3,(H,16,19). The van der Waals surface area contributed by atoms with Crippen LogP contribution in [0.25, 0.3) is 0 Å². The molecule has 108 valence electrons. The maximum Gasteiger partial charge on any atom is 0.237 e. The molecule has 1 N–H and O–H groups in total. The fourth-order valence-corrected chi connectivity index (χ4v) is 2.94. The molecule has 1 heterocycles. The molecule has 0 bridgehead atoms. The zero-order valence-corrected chi connectivity index (χ0v) is 12.7. The van der Waals surface area contributed by atoms with Gasteiger partial charge in [0, 0.05) is 17.5 Å². The van der Waals surface area contributed by atoms with Crippen LogP contribution in [-0.2, 0) is 4.79 Å². The minimum atomic E-state index is -0.158. The number of nitrogens with one attached hydrogen (secondary N) is 1. The second kappa shape index (κ2) is 6.90. The summed E-state index contributed by atoms with van der Waals surface area (Å²) in [5.41, 5.74) is 0.713. The highest BCUT2D eigenvalue weighted by molar-refractivity contribution is 7.98. The summed E-state index contributed by atoms with van der Waals surface area (Å²) < 4.78 is 0. The molecule has 1 aromatic carbocycles. The Balaban J connectivity index is 2.01. The van der Waals surface area contributed by atoms with Crippen molar-refractivity contribution in [3.63, 3.8) is 0 Å². The number of nitrogens with zero attached hydrogens (tertiary/aromatic N) is 1. The first-order valence-corrected chi connectivity index (χ1v) is 8.01. The summed E-state index contributed by atoms with van der Waals surface area (Å²) in [6.07, 6.45) is 3.81. The Labute approximate surface area is 123 Å². The zero-order chi connectivity index (χ0) is 14.5. The van der Waals surface area contributed by atoms with Gasteiger partial charge in [-0.15, -0.1) is 11.8 Å². The first-order valence-electron chi connectivity index (χ1n) is 6.78. The molecule has 1 fully saturated rings. The zero-order valence-electron chi connectivity index (χ0n) is 11.9. The molecule has 0 aliphatic carbocycles. The van der Waals surface area contributed by atoms with Crippen molar-refractivity contribution in [1.82, 2.24) is 10.2 Å². The van der Waals surface area contributed by atoms with E-state index in [1.165, 1.54) is 0 Å². The monoisotopic (exact) mass is 292 g/mol. The van der Waals surface area contributed by atoms with E-state index in [0.717, 1.165) is 24.3 Å². The molecule has 4 nitrogen and oxygen atoms in total. The van der Waals surface area contributed by atoms with Gasteiger partial charge < -0.3 is 5.32 Å². The third-order valence-electron chi connectivity index (χ3n) is 3.67. The van der Waals surface area contributed by atoms with Crippen molar-refractivity contribution in [2.24, 2.45) is 0 Å². The average molecular weight is 292 g/mol. The van der Waals surface area contributed by atoms with E-state index in [9.17, 15) is 9.59 Å². The van der Waals surface area contributed by atoms with Gasteiger partial charge in [0.2, 0.25) is 5.91 Å². The highest BCUT2D eigenvalue weighted by Gasteiger charge is 2.31. The molecule has 0 aromatic heterocycles. The summed E-state index contributed by atoms with van der Waals surface area (Å²) >= 11 is 1.65. The van der Waals surface area contributed by atoms with Crippen molar-refractivity contribution in [2.45, 2.75) is 23.8 Å². The number of amides is 1. The van der Waals surface area contributed by atoms with Gasteiger partial charge >= 0.3 is 0 Å². The summed E-state index contributed by atoms with van der Waals surface area (Å²) in [6, 6.07) is 7.48. The van der Waals surface area contributed by atoms with Crippen molar-refractivity contribution in [1.29, 1.82) is 0 Å². The molecule has 2 rings (SSSR count). The van der Waals surface area contributed by atoms with E-state index >= 15 is 0 Å². The Kier molecular flexibility index (Phi) is 5.20. The number of likely N-dealkylation sites (N-methyl/N-ethyl adjacent to an activating group) is 1. The minimum Gasteiger partial charge on any atom is -0.358 e. The van der Waals surface area contributed by atoms with Crippen LogP contribution in [0.3, 0.4) is 0 Å². The smallest absolute Gasteiger partial charge is 0.237 e. The topological polar surface area (TPSA) is 49.4 Å². The molecule has 1 aliphatic rings. The summed E-state index contributed by atoms with van der Waals surface area (Å²) in [5.74, 6) is 0.0847. The number of likely N-dealkylation sites (tertiary alicyclic amines) is 1. The average Bonchev–Trinajstić information content (AvgIpc) is 2.94. The van der Waals surface area contributed by atoms with E-state index in [1.54, 1.807) is 18.8 Å². The van der Waals surface area contributed by atoms with Gasteiger partial charge in [-0.05, 0) is 37.8 Å². The van der Waals surface area contributed by atoms with Crippen LogP contribution >= 0.6 is 11.8 Å². The third kappa shape index (κ3) is 3.41. The molecule has 0 spiro atoms. The molecule has 1 aromatic rings. The van der Waals surface area contributed by atoms with Crippen LogP contribution in [0.1, 0.15) is 23.2 Å². The van der Waals surface area contributed by atoms with Gasteiger partial charge in [0.25, 0.3) is 0 Å². The van der Waals surface area contributed by atoms with Crippen molar-refractivity contribution in [3.8, 4) is 0 Å². The lowest BCUT2D eigenvalue weighted by Gasteiger charge is -2.22. The molecular weight excluding hydrogens is 272 g/mol. The van der Waals surface area contributed by atoms with Gasteiger partial charge in [-0.3, -0.25) is 14.5 Å². The Bertz CT molecular complexity index is 487. The van der Waals surface area contributed by atoms with Gasteiger partial charge in [-0.1, -0.05) is 12.1 Å². The van der Waals surface area contributed by atoms with Crippen molar-refractivity contribution >= 4 is 23.5 Å². The predicted octanol–water partition coefficient (Wildman–Crippen LogP) is 1.80. The number of Topliss-reactive ketones (excluding diaryl/α,β-unsaturated/α-hetero) is 1. The maximum absolute atomic E-state index is 12.3. The Morgan fingerprint density at radius 3 is 2.65 bits per heavy atom. The van der Waals surface area contributed by atoms with Gasteiger partial charge in [-0.25, -0.2) is 0 Å². The fourth-order valence-electron chi connectivity index (χ4n) is 2.53. The van der Waals surface area contributed by atoms with E-state index in [-0.39, 0.29) is 17.7 Å². The molecule has 20 heavy (non-hydrogen) atoms. The van der Waals surface area contributed by atoms with Crippen molar-refractivity contribution in [3.05, 3.63) is 29.8 Å². The molecule has 5 heteroatoms. The summed E-state index contributed by atoms with van der Waals surface area (Å²) in [5, 5.41) is 2.67. The number of carbonyl (C=O) groups excluding carboxylic acids is 2. The second-order valence-corrected chi connectivity index (χ2v) is 5.77. The number of hydrogen-bond acceptors (Lipinski definition) is 4. The SMILES string of the molecule is CNC(=O)C1CCCN1CC(=O)c1ccc(SC)cc1. The van der Waals surface area contributed by atoms with E-state index < -0.39 is 0 Å². The number of carbonyl (C=O) groups is 2. The van der Waals surface area contributed by atoms with Gasteiger partial charge in [-0.2, -0.15) is 0 Å². The molecule has 1 aliphatic heterocycles. The van der Waals surface area contributed by atoms with Crippen LogP contribution in [0, 0.1) is 0 Å². The molecule has 1 atom stereocenters. The minimum absolute atomic E-state index is 0.00744. The van der Waals surface area contributed by atoms with E-state index in [1.807, 2.05) is 35.4 Å². The van der Waals surface area contributed by atoms with Crippen LogP contribution in [-0.4, -0.2) is 49.0 Å². The van der Waals surface area contributed by atoms with Gasteiger partial charge in [0.1, 0.15) is 0 Å². The summed E-state index contributed by atoms with van der Waals surface area (Å²) in [4.78, 5) is 27.2. The normalized spacial score (nSPS) is 19.0. The predicted molar refractivity (Wildman–Crippen MR) is 81.2 cm³/mol. The molecule has 0 radical (unpaired) electrons. The quantitative estimate of drug-likeness (QED) is 0.664. The first kappa shape index (κ1) is 15.1. The second-order valence-electron chi connectivity index (χ2n) is 4.89. The van der Waals surface area contributed by atoms with Crippen molar-refractivity contribution in [2.75, 3.05) is 26.4 Å². The van der Waals surface area contributed by atoms with E-state index in [0.29, 0.717) is 12.1 Å². The lowest BCUT2D eigenvalue weighted by atomic mass is 10.1. The highest BCUT2D eigenvalue weighted by Crippen LogP contribution is 2.19. The summed E-state index contributed by atoms with van der Waals surface area (Å²) in [6.45, 7) is 1.13.